The highest BCUT2D eigenvalue weighted by atomic mass is 32.2. The molecular formula is C22H25N3O6S. The lowest BCUT2D eigenvalue weighted by molar-refractivity contribution is -0.127. The van der Waals surface area contributed by atoms with Gasteiger partial charge in [0.25, 0.3) is 15.9 Å². The Morgan fingerprint density at radius 3 is 2.47 bits per heavy atom. The molecule has 9 nitrogen and oxygen atoms in total. The van der Waals surface area contributed by atoms with E-state index in [0.717, 1.165) is 18.4 Å². The summed E-state index contributed by atoms with van der Waals surface area (Å²) in [6.07, 6.45) is 0.328. The molecule has 2 aromatic rings. The Morgan fingerprint density at radius 1 is 1.09 bits per heavy atom. The fourth-order valence-electron chi connectivity index (χ4n) is 3.34. The van der Waals surface area contributed by atoms with E-state index in [2.05, 4.69) is 10.6 Å². The lowest BCUT2D eigenvalue weighted by atomic mass is 10.0. The first kappa shape index (κ1) is 23.3. The van der Waals surface area contributed by atoms with Gasteiger partial charge in [0.2, 0.25) is 0 Å². The third-order valence-corrected chi connectivity index (χ3v) is 6.80. The van der Waals surface area contributed by atoms with E-state index in [1.54, 1.807) is 19.1 Å². The molecule has 2 aromatic carbocycles. The summed E-state index contributed by atoms with van der Waals surface area (Å²) in [7, 11) is -3.80. The predicted molar refractivity (Wildman–Crippen MR) is 118 cm³/mol. The molecule has 3 rings (SSSR count). The van der Waals surface area contributed by atoms with E-state index in [0.29, 0.717) is 18.8 Å². The molecule has 2 N–H and O–H groups in total. The summed E-state index contributed by atoms with van der Waals surface area (Å²) in [5.41, 5.74) is 1.72. The zero-order valence-corrected chi connectivity index (χ0v) is 18.6. The first-order chi connectivity index (χ1) is 15.2. The summed E-state index contributed by atoms with van der Waals surface area (Å²) in [6, 6.07) is 12.0. The van der Waals surface area contributed by atoms with Crippen LogP contribution < -0.4 is 14.9 Å². The number of nitrogens with one attached hydrogen (secondary N) is 2. The average molecular weight is 460 g/mol. The molecule has 32 heavy (non-hydrogen) atoms. The Balaban J connectivity index is 1.70. The van der Waals surface area contributed by atoms with Crippen LogP contribution in [0.15, 0.2) is 53.4 Å². The molecule has 1 aliphatic heterocycles. The topological polar surface area (TPSA) is 122 Å². The molecule has 10 heteroatoms. The van der Waals surface area contributed by atoms with Gasteiger partial charge in [-0.05, 0) is 62.6 Å². The van der Waals surface area contributed by atoms with Crippen molar-refractivity contribution in [3.8, 4) is 0 Å². The Bertz CT molecular complexity index is 1110. The molecule has 1 heterocycles. The average Bonchev–Trinajstić information content (AvgIpc) is 2.78. The van der Waals surface area contributed by atoms with Crippen molar-refractivity contribution in [3.63, 3.8) is 0 Å². The van der Waals surface area contributed by atoms with Gasteiger partial charge in [-0.1, -0.05) is 18.2 Å². The molecule has 0 radical (unpaired) electrons. The predicted octanol–water partition coefficient (Wildman–Crippen LogP) is 2.22. The zero-order chi connectivity index (χ0) is 23.3. The molecule has 0 aliphatic carbocycles. The zero-order valence-electron chi connectivity index (χ0n) is 17.8. The standard InChI is InChI=1S/C22H25N3O6S/c1-3-23-22(28)24-20(26)15(2)31-21(27)17-10-12-18(13-11-17)32(29,30)25-14-6-8-16-7-4-5-9-19(16)25/h4-5,7,9-13,15H,3,6,8,14H2,1-2H3,(H2,23,24,26,28). The molecule has 0 bridgehead atoms. The molecular weight excluding hydrogens is 434 g/mol. The summed E-state index contributed by atoms with van der Waals surface area (Å²) in [4.78, 5) is 35.7. The summed E-state index contributed by atoms with van der Waals surface area (Å²) in [5, 5.41) is 4.46. The number of para-hydroxylation sites is 1. The number of hydrogen-bond donors (Lipinski definition) is 2. The van der Waals surface area contributed by atoms with Crippen molar-refractivity contribution >= 4 is 33.6 Å². The third kappa shape index (κ3) is 5.08. The quantitative estimate of drug-likeness (QED) is 0.639. The normalized spacial score (nSPS) is 14.1. The molecule has 0 aromatic heterocycles. The Morgan fingerprint density at radius 2 is 1.78 bits per heavy atom. The number of fused-ring (bicyclic) bond motifs is 1. The monoisotopic (exact) mass is 459 g/mol. The number of rotatable bonds is 6. The van der Waals surface area contributed by atoms with Gasteiger partial charge in [0.1, 0.15) is 0 Å². The fraction of sp³-hybridized carbons (Fsp3) is 0.318. The number of carbonyl (C=O) groups excluding carboxylic acids is 3. The highest BCUT2D eigenvalue weighted by Crippen LogP contribution is 2.31. The summed E-state index contributed by atoms with van der Waals surface area (Å²) in [5.74, 6) is -1.58. The van der Waals surface area contributed by atoms with Crippen molar-refractivity contribution in [2.24, 2.45) is 0 Å². The van der Waals surface area contributed by atoms with Gasteiger partial charge >= 0.3 is 12.0 Å². The van der Waals surface area contributed by atoms with Crippen molar-refractivity contribution in [2.45, 2.75) is 37.7 Å². The first-order valence-electron chi connectivity index (χ1n) is 10.2. The fourth-order valence-corrected chi connectivity index (χ4v) is 4.88. The summed E-state index contributed by atoms with van der Waals surface area (Å²) < 4.78 is 32.8. The van der Waals surface area contributed by atoms with E-state index < -0.39 is 34.0 Å². The van der Waals surface area contributed by atoms with Crippen LogP contribution in [0.3, 0.4) is 0 Å². The summed E-state index contributed by atoms with van der Waals surface area (Å²) >= 11 is 0. The van der Waals surface area contributed by atoms with E-state index in [-0.39, 0.29) is 10.5 Å². The van der Waals surface area contributed by atoms with Gasteiger partial charge in [-0.25, -0.2) is 18.0 Å². The second-order valence-electron chi connectivity index (χ2n) is 7.23. The number of ether oxygens (including phenoxy) is 1. The number of benzene rings is 2. The van der Waals surface area contributed by atoms with Gasteiger partial charge in [-0.3, -0.25) is 14.4 Å². The number of nitrogens with zero attached hydrogens (tertiary/aromatic N) is 1. The van der Waals surface area contributed by atoms with Crippen molar-refractivity contribution in [3.05, 3.63) is 59.7 Å². The molecule has 0 spiro atoms. The van der Waals surface area contributed by atoms with E-state index in [1.807, 2.05) is 12.1 Å². The van der Waals surface area contributed by atoms with Crippen molar-refractivity contribution in [1.29, 1.82) is 0 Å². The number of sulfonamides is 1. The molecule has 0 saturated heterocycles. The molecule has 0 saturated carbocycles. The summed E-state index contributed by atoms with van der Waals surface area (Å²) in [6.45, 7) is 3.74. The third-order valence-electron chi connectivity index (χ3n) is 4.97. The maximum Gasteiger partial charge on any atom is 0.338 e. The van der Waals surface area contributed by atoms with Gasteiger partial charge in [-0.2, -0.15) is 0 Å². The van der Waals surface area contributed by atoms with Crippen LogP contribution in [-0.2, 0) is 26.0 Å². The minimum absolute atomic E-state index is 0.0489. The maximum atomic E-state index is 13.2. The number of imide groups is 1. The van der Waals surface area contributed by atoms with Gasteiger partial charge in [0.15, 0.2) is 6.10 Å². The largest absolute Gasteiger partial charge is 0.449 e. The van der Waals surface area contributed by atoms with E-state index in [9.17, 15) is 22.8 Å². The van der Waals surface area contributed by atoms with Gasteiger partial charge in [0.05, 0.1) is 16.1 Å². The molecule has 1 unspecified atom stereocenters. The van der Waals surface area contributed by atoms with Crippen LogP contribution in [0.2, 0.25) is 0 Å². The van der Waals surface area contributed by atoms with Crippen LogP contribution >= 0.6 is 0 Å². The van der Waals surface area contributed by atoms with Crippen LogP contribution in [0.4, 0.5) is 10.5 Å². The molecule has 0 fully saturated rings. The van der Waals surface area contributed by atoms with E-state index >= 15 is 0 Å². The van der Waals surface area contributed by atoms with Crippen molar-refractivity contribution < 1.29 is 27.5 Å². The number of esters is 1. The lowest BCUT2D eigenvalue weighted by Crippen LogP contribution is -2.44. The molecule has 170 valence electrons. The second-order valence-corrected chi connectivity index (χ2v) is 9.09. The Hall–Kier alpha value is -3.40. The van der Waals surface area contributed by atoms with Gasteiger partial charge < -0.3 is 10.1 Å². The van der Waals surface area contributed by atoms with E-state index in [4.69, 9.17) is 4.74 Å². The van der Waals surface area contributed by atoms with Crippen LogP contribution in [-0.4, -0.2) is 45.5 Å². The minimum atomic E-state index is -3.80. The van der Waals surface area contributed by atoms with E-state index in [1.165, 1.54) is 35.5 Å². The first-order valence-corrected chi connectivity index (χ1v) is 11.7. The van der Waals surface area contributed by atoms with Crippen LogP contribution in [0.5, 0.6) is 0 Å². The maximum absolute atomic E-state index is 13.2. The Labute approximate surface area is 186 Å². The van der Waals surface area contributed by atoms with Crippen LogP contribution in [0.25, 0.3) is 0 Å². The van der Waals surface area contributed by atoms with Gasteiger partial charge in [-0.15, -0.1) is 0 Å². The minimum Gasteiger partial charge on any atom is -0.449 e. The molecule has 3 amide bonds. The number of aryl methyl sites for hydroxylation is 1. The van der Waals surface area contributed by atoms with Crippen molar-refractivity contribution in [2.75, 3.05) is 17.4 Å². The highest BCUT2D eigenvalue weighted by Gasteiger charge is 2.29. The SMILES string of the molecule is CCNC(=O)NC(=O)C(C)OC(=O)c1ccc(S(=O)(=O)N2CCCc3ccccc32)cc1. The molecule has 1 atom stereocenters. The molecule has 1 aliphatic rings. The Kier molecular flexibility index (Phi) is 7.14. The second kappa shape index (κ2) is 9.82. The number of urea groups is 1. The number of anilines is 1. The van der Waals surface area contributed by atoms with Gasteiger partial charge in [0, 0.05) is 13.1 Å². The number of carbonyl (C=O) groups is 3. The van der Waals surface area contributed by atoms with Crippen LogP contribution in [0.1, 0.15) is 36.2 Å². The van der Waals surface area contributed by atoms with Crippen molar-refractivity contribution in [1.82, 2.24) is 10.6 Å². The van der Waals surface area contributed by atoms with Crippen LogP contribution in [0, 0.1) is 0 Å². The number of amides is 3. The number of hydrogen-bond acceptors (Lipinski definition) is 6. The lowest BCUT2D eigenvalue weighted by Gasteiger charge is -2.30. The highest BCUT2D eigenvalue weighted by molar-refractivity contribution is 7.92. The smallest absolute Gasteiger partial charge is 0.338 e.